The number of aliphatic carboxylic acids is 1. The van der Waals surface area contributed by atoms with Crippen LogP contribution in [0.4, 0.5) is 18.0 Å². The van der Waals surface area contributed by atoms with E-state index in [1.807, 2.05) is 0 Å². The zero-order valence-electron chi connectivity index (χ0n) is 10.8. The molecular formula is C11H13F3N4O3. The van der Waals surface area contributed by atoms with E-state index in [9.17, 15) is 22.8 Å². The van der Waals surface area contributed by atoms with E-state index in [1.165, 1.54) is 12.4 Å². The van der Waals surface area contributed by atoms with Crippen LogP contribution in [0.25, 0.3) is 0 Å². The quantitative estimate of drug-likeness (QED) is 0.774. The molecule has 1 saturated heterocycles. The van der Waals surface area contributed by atoms with Gasteiger partial charge in [0.2, 0.25) is 0 Å². The van der Waals surface area contributed by atoms with Gasteiger partial charge in [0.1, 0.15) is 0 Å². The van der Waals surface area contributed by atoms with Gasteiger partial charge < -0.3 is 15.3 Å². The number of hydrogen-bond acceptors (Lipinski definition) is 3. The Morgan fingerprint density at radius 1 is 1.52 bits per heavy atom. The van der Waals surface area contributed by atoms with E-state index in [1.54, 1.807) is 0 Å². The molecule has 1 atom stereocenters. The SMILES string of the molecule is O=C(NCc1cn[nH]c1)N1CCC(C(=O)O)(C(F)(F)F)C1. The van der Waals surface area contributed by atoms with Crippen LogP contribution in [0.5, 0.6) is 0 Å². The molecule has 116 valence electrons. The number of carbonyl (C=O) groups is 2. The summed E-state index contributed by atoms with van der Waals surface area (Å²) < 4.78 is 38.9. The third-order valence-corrected chi connectivity index (χ3v) is 3.51. The summed E-state index contributed by atoms with van der Waals surface area (Å²) in [5, 5.41) is 17.5. The van der Waals surface area contributed by atoms with Gasteiger partial charge in [-0.1, -0.05) is 0 Å². The van der Waals surface area contributed by atoms with Crippen LogP contribution in [0.3, 0.4) is 0 Å². The summed E-state index contributed by atoms with van der Waals surface area (Å²) in [4.78, 5) is 23.7. The topological polar surface area (TPSA) is 98.3 Å². The van der Waals surface area contributed by atoms with Gasteiger partial charge in [-0.25, -0.2) is 4.79 Å². The first-order valence-corrected chi connectivity index (χ1v) is 6.07. The van der Waals surface area contributed by atoms with Crippen LogP contribution in [-0.4, -0.2) is 51.5 Å². The minimum Gasteiger partial charge on any atom is -0.481 e. The lowest BCUT2D eigenvalue weighted by molar-refractivity contribution is -0.226. The van der Waals surface area contributed by atoms with Crippen LogP contribution in [0.2, 0.25) is 0 Å². The number of nitrogens with zero attached hydrogens (tertiary/aromatic N) is 2. The number of alkyl halides is 3. The molecule has 0 spiro atoms. The molecular weight excluding hydrogens is 293 g/mol. The van der Waals surface area contributed by atoms with Gasteiger partial charge in [-0.3, -0.25) is 9.89 Å². The molecule has 1 aliphatic heterocycles. The fourth-order valence-corrected chi connectivity index (χ4v) is 2.17. The van der Waals surface area contributed by atoms with E-state index in [0.717, 1.165) is 4.90 Å². The number of halogens is 3. The molecule has 1 aromatic heterocycles. The largest absolute Gasteiger partial charge is 0.481 e. The van der Waals surface area contributed by atoms with Gasteiger partial charge in [-0.2, -0.15) is 18.3 Å². The van der Waals surface area contributed by atoms with Crippen LogP contribution in [0.1, 0.15) is 12.0 Å². The maximum absolute atomic E-state index is 13.0. The Kier molecular flexibility index (Phi) is 3.79. The number of aromatic nitrogens is 2. The lowest BCUT2D eigenvalue weighted by Gasteiger charge is -2.27. The van der Waals surface area contributed by atoms with Gasteiger partial charge in [0.25, 0.3) is 0 Å². The van der Waals surface area contributed by atoms with Gasteiger partial charge in [-0.05, 0) is 6.42 Å². The molecule has 2 amide bonds. The number of carbonyl (C=O) groups excluding carboxylic acids is 1. The number of carboxylic acids is 1. The molecule has 10 heteroatoms. The number of rotatable bonds is 3. The van der Waals surface area contributed by atoms with Crippen molar-refractivity contribution >= 4 is 12.0 Å². The number of hydrogen-bond donors (Lipinski definition) is 3. The van der Waals surface area contributed by atoms with Crippen LogP contribution < -0.4 is 5.32 Å². The molecule has 0 aliphatic carbocycles. The fourth-order valence-electron chi connectivity index (χ4n) is 2.17. The van der Waals surface area contributed by atoms with E-state index in [2.05, 4.69) is 15.5 Å². The second-order valence-electron chi connectivity index (χ2n) is 4.82. The molecule has 0 bridgehead atoms. The van der Waals surface area contributed by atoms with Crippen molar-refractivity contribution in [2.24, 2.45) is 5.41 Å². The van der Waals surface area contributed by atoms with Crippen molar-refractivity contribution in [3.63, 3.8) is 0 Å². The van der Waals surface area contributed by atoms with Gasteiger partial charge in [0.05, 0.1) is 6.20 Å². The predicted octanol–water partition coefficient (Wildman–Crippen LogP) is 0.958. The van der Waals surface area contributed by atoms with Crippen LogP contribution in [0, 0.1) is 5.41 Å². The number of aromatic amines is 1. The van der Waals surface area contributed by atoms with E-state index in [4.69, 9.17) is 5.11 Å². The third kappa shape index (κ3) is 2.78. The number of likely N-dealkylation sites (tertiary alicyclic amines) is 1. The molecule has 1 unspecified atom stereocenters. The van der Waals surface area contributed by atoms with E-state index in [-0.39, 0.29) is 13.1 Å². The van der Waals surface area contributed by atoms with Crippen LogP contribution >= 0.6 is 0 Å². The highest BCUT2D eigenvalue weighted by Gasteiger charge is 2.64. The van der Waals surface area contributed by atoms with E-state index < -0.39 is 36.6 Å². The minimum atomic E-state index is -4.90. The molecule has 0 radical (unpaired) electrons. The molecule has 1 aliphatic rings. The maximum atomic E-state index is 13.0. The molecule has 0 aromatic carbocycles. The monoisotopic (exact) mass is 306 g/mol. The Morgan fingerprint density at radius 2 is 2.24 bits per heavy atom. The zero-order chi connectivity index (χ0) is 15.7. The van der Waals surface area contributed by atoms with Crippen molar-refractivity contribution in [3.05, 3.63) is 18.0 Å². The molecule has 1 aromatic rings. The lowest BCUT2D eigenvalue weighted by Crippen LogP contribution is -2.48. The number of urea groups is 1. The summed E-state index contributed by atoms with van der Waals surface area (Å²) in [5.74, 6) is -1.96. The Bertz CT molecular complexity index is 531. The van der Waals surface area contributed by atoms with Crippen LogP contribution in [0.15, 0.2) is 12.4 Å². The van der Waals surface area contributed by atoms with Gasteiger partial charge >= 0.3 is 18.2 Å². The summed E-state index contributed by atoms with van der Waals surface area (Å²) in [6.45, 7) is -1.05. The van der Waals surface area contributed by atoms with Gasteiger partial charge in [0, 0.05) is 31.4 Å². The Balaban J connectivity index is 2.00. The Labute approximate surface area is 117 Å². The average Bonchev–Trinajstić information content (AvgIpc) is 3.04. The molecule has 2 heterocycles. The van der Waals surface area contributed by atoms with Crippen molar-refractivity contribution < 1.29 is 27.9 Å². The van der Waals surface area contributed by atoms with Crippen molar-refractivity contribution in [1.29, 1.82) is 0 Å². The standard InChI is InChI=1S/C11H13F3N4O3/c12-11(13,14)10(8(19)20)1-2-18(6-10)9(21)15-3-7-4-16-17-5-7/h4-5H,1-3,6H2,(H,15,21)(H,16,17)(H,19,20). The molecule has 21 heavy (non-hydrogen) atoms. The first kappa shape index (κ1) is 15.1. The second-order valence-corrected chi connectivity index (χ2v) is 4.82. The molecule has 3 N–H and O–H groups in total. The van der Waals surface area contributed by atoms with E-state index >= 15 is 0 Å². The minimum absolute atomic E-state index is 0.0952. The average molecular weight is 306 g/mol. The zero-order valence-corrected chi connectivity index (χ0v) is 10.8. The second kappa shape index (κ2) is 5.26. The van der Waals surface area contributed by atoms with Crippen molar-refractivity contribution in [2.75, 3.05) is 13.1 Å². The van der Waals surface area contributed by atoms with Crippen molar-refractivity contribution in [1.82, 2.24) is 20.4 Å². The number of nitrogens with one attached hydrogen (secondary N) is 2. The highest BCUT2D eigenvalue weighted by atomic mass is 19.4. The predicted molar refractivity (Wildman–Crippen MR) is 63.1 cm³/mol. The number of carboxylic acid groups (broad SMARTS) is 1. The third-order valence-electron chi connectivity index (χ3n) is 3.51. The Hall–Kier alpha value is -2.26. The normalized spacial score (nSPS) is 22.3. The summed E-state index contributed by atoms with van der Waals surface area (Å²) >= 11 is 0. The van der Waals surface area contributed by atoms with Gasteiger partial charge in [0.15, 0.2) is 5.41 Å². The maximum Gasteiger partial charge on any atom is 0.406 e. The number of H-pyrrole nitrogens is 1. The number of amides is 2. The molecule has 7 nitrogen and oxygen atoms in total. The van der Waals surface area contributed by atoms with Crippen LogP contribution in [-0.2, 0) is 11.3 Å². The van der Waals surface area contributed by atoms with Crippen molar-refractivity contribution in [2.45, 2.75) is 19.1 Å². The van der Waals surface area contributed by atoms with Gasteiger partial charge in [-0.15, -0.1) is 0 Å². The summed E-state index contributed by atoms with van der Waals surface area (Å²) in [5.41, 5.74) is -2.23. The fraction of sp³-hybridized carbons (Fsp3) is 0.545. The van der Waals surface area contributed by atoms with E-state index in [0.29, 0.717) is 5.56 Å². The highest BCUT2D eigenvalue weighted by Crippen LogP contribution is 2.45. The summed E-state index contributed by atoms with van der Waals surface area (Å²) in [6, 6.07) is -0.733. The lowest BCUT2D eigenvalue weighted by atomic mass is 9.86. The highest BCUT2D eigenvalue weighted by molar-refractivity contribution is 5.80. The smallest absolute Gasteiger partial charge is 0.406 e. The molecule has 1 fully saturated rings. The first-order chi connectivity index (χ1) is 9.76. The summed E-state index contributed by atoms with van der Waals surface area (Å²) in [7, 11) is 0. The molecule has 2 rings (SSSR count). The van der Waals surface area contributed by atoms with Crippen molar-refractivity contribution in [3.8, 4) is 0 Å². The Morgan fingerprint density at radius 3 is 2.71 bits per heavy atom. The molecule has 0 saturated carbocycles. The first-order valence-electron chi connectivity index (χ1n) is 6.07. The summed E-state index contributed by atoms with van der Waals surface area (Å²) in [6.07, 6.45) is -2.56.